The lowest BCUT2D eigenvalue weighted by Gasteiger charge is -2.15. The summed E-state index contributed by atoms with van der Waals surface area (Å²) in [5.41, 5.74) is 3.19. The van der Waals surface area contributed by atoms with Crippen LogP contribution < -0.4 is 10.9 Å². The van der Waals surface area contributed by atoms with Gasteiger partial charge in [0.2, 0.25) is 5.91 Å². The molecule has 1 N–H and O–H groups in total. The van der Waals surface area contributed by atoms with E-state index in [1.54, 1.807) is 22.2 Å². The number of carbonyl (C=O) groups excluding carboxylic acids is 1. The number of aromatic nitrogens is 2. The van der Waals surface area contributed by atoms with Crippen molar-refractivity contribution >= 4 is 33.1 Å². The third-order valence-electron chi connectivity index (χ3n) is 5.90. The lowest BCUT2D eigenvalue weighted by molar-refractivity contribution is -0.116. The van der Waals surface area contributed by atoms with Gasteiger partial charge in [-0.25, -0.2) is 4.98 Å². The van der Waals surface area contributed by atoms with Crippen LogP contribution in [0, 0.1) is 0 Å². The van der Waals surface area contributed by atoms with Gasteiger partial charge < -0.3 is 5.32 Å². The molecule has 4 rings (SSSR count). The summed E-state index contributed by atoms with van der Waals surface area (Å²) in [6.45, 7) is 4.64. The quantitative estimate of drug-likeness (QED) is 0.631. The predicted molar refractivity (Wildman–Crippen MR) is 119 cm³/mol. The van der Waals surface area contributed by atoms with E-state index in [9.17, 15) is 9.59 Å². The number of para-hydroxylation sites is 1. The largest absolute Gasteiger partial charge is 0.326 e. The molecule has 0 fully saturated rings. The second kappa shape index (κ2) is 8.49. The normalized spacial score (nSPS) is 14.6. The summed E-state index contributed by atoms with van der Waals surface area (Å²) in [7, 11) is 0. The maximum absolute atomic E-state index is 13.0. The molecule has 0 unspecified atom stereocenters. The molecule has 0 saturated heterocycles. The highest BCUT2D eigenvalue weighted by Gasteiger charge is 2.20. The zero-order valence-corrected chi connectivity index (χ0v) is 17.8. The van der Waals surface area contributed by atoms with Crippen molar-refractivity contribution in [1.82, 2.24) is 9.55 Å². The monoisotopic (exact) mass is 409 g/mol. The first kappa shape index (κ1) is 19.8. The van der Waals surface area contributed by atoms with Crippen LogP contribution in [0.5, 0.6) is 0 Å². The van der Waals surface area contributed by atoms with Crippen molar-refractivity contribution in [2.75, 3.05) is 5.32 Å². The maximum Gasteiger partial charge on any atom is 0.262 e. The number of benzene rings is 1. The van der Waals surface area contributed by atoms with Crippen molar-refractivity contribution in [2.45, 2.75) is 64.8 Å². The van der Waals surface area contributed by atoms with Crippen LogP contribution in [0.25, 0.3) is 10.2 Å². The molecule has 5 nitrogen and oxygen atoms in total. The van der Waals surface area contributed by atoms with Crippen molar-refractivity contribution in [3.05, 3.63) is 57.0 Å². The van der Waals surface area contributed by atoms with Crippen LogP contribution in [0.2, 0.25) is 0 Å². The minimum atomic E-state index is -0.0832. The number of carbonyl (C=O) groups is 1. The third-order valence-corrected chi connectivity index (χ3v) is 7.10. The molecule has 3 aromatic rings. The molecule has 1 atom stereocenters. The first-order valence-electron chi connectivity index (χ1n) is 10.5. The second-order valence-electron chi connectivity index (χ2n) is 7.83. The number of aryl methyl sites for hydroxylation is 3. The van der Waals surface area contributed by atoms with Crippen LogP contribution >= 0.6 is 11.3 Å². The van der Waals surface area contributed by atoms with Gasteiger partial charge in [-0.05, 0) is 55.2 Å². The Labute approximate surface area is 174 Å². The average Bonchev–Trinajstić information content (AvgIpc) is 3.12. The lowest BCUT2D eigenvalue weighted by atomic mass is 9.97. The molecule has 6 heteroatoms. The minimum Gasteiger partial charge on any atom is -0.326 e. The van der Waals surface area contributed by atoms with Crippen LogP contribution in [0.4, 0.5) is 5.69 Å². The number of hydrogen-bond acceptors (Lipinski definition) is 4. The molecule has 1 aliphatic carbocycles. The fourth-order valence-corrected chi connectivity index (χ4v) is 5.26. The zero-order chi connectivity index (χ0) is 20.4. The Morgan fingerprint density at radius 3 is 2.90 bits per heavy atom. The highest BCUT2D eigenvalue weighted by molar-refractivity contribution is 7.18. The van der Waals surface area contributed by atoms with Crippen LogP contribution in [0.3, 0.4) is 0 Å². The van der Waals surface area contributed by atoms with E-state index in [0.717, 1.165) is 47.2 Å². The molecule has 0 aliphatic heterocycles. The number of hydrogen-bond donors (Lipinski definition) is 1. The number of amides is 1. The summed E-state index contributed by atoms with van der Waals surface area (Å²) >= 11 is 1.65. The number of nitrogens with zero attached hydrogens (tertiary/aromatic N) is 2. The Balaban J connectivity index is 1.50. The molecule has 0 radical (unpaired) electrons. The van der Waals surface area contributed by atoms with Crippen molar-refractivity contribution in [3.63, 3.8) is 0 Å². The van der Waals surface area contributed by atoms with E-state index in [4.69, 9.17) is 0 Å². The zero-order valence-electron chi connectivity index (χ0n) is 17.0. The minimum absolute atomic E-state index is 0.0118. The molecule has 0 spiro atoms. The van der Waals surface area contributed by atoms with Gasteiger partial charge >= 0.3 is 0 Å². The summed E-state index contributed by atoms with van der Waals surface area (Å²) in [6.07, 6.45) is 7.18. The Hall–Kier alpha value is -2.47. The molecule has 0 bridgehead atoms. The summed E-state index contributed by atoms with van der Waals surface area (Å²) in [6, 6.07) is 7.94. The Morgan fingerprint density at radius 2 is 2.07 bits per heavy atom. The molecule has 2 heterocycles. The van der Waals surface area contributed by atoms with Gasteiger partial charge in [0.1, 0.15) is 4.83 Å². The Morgan fingerprint density at radius 1 is 1.28 bits per heavy atom. The van der Waals surface area contributed by atoms with E-state index in [1.807, 2.05) is 18.2 Å². The topological polar surface area (TPSA) is 64.0 Å². The predicted octanol–water partition coefficient (Wildman–Crippen LogP) is 4.88. The van der Waals surface area contributed by atoms with E-state index in [1.165, 1.54) is 16.9 Å². The van der Waals surface area contributed by atoms with Gasteiger partial charge in [-0.15, -0.1) is 11.3 Å². The van der Waals surface area contributed by atoms with Gasteiger partial charge in [0.05, 0.1) is 11.7 Å². The third kappa shape index (κ3) is 3.99. The summed E-state index contributed by atoms with van der Waals surface area (Å²) < 4.78 is 1.59. The number of anilines is 1. The molecule has 152 valence electrons. The fraction of sp³-hybridized carbons (Fsp3) is 0.435. The summed E-state index contributed by atoms with van der Waals surface area (Å²) in [5, 5.41) is 3.80. The second-order valence-corrected chi connectivity index (χ2v) is 8.91. The Bertz CT molecular complexity index is 1100. The van der Waals surface area contributed by atoms with E-state index in [-0.39, 0.29) is 17.9 Å². The van der Waals surface area contributed by atoms with Gasteiger partial charge in [-0.1, -0.05) is 32.0 Å². The van der Waals surface area contributed by atoms with Gasteiger partial charge in [0.15, 0.2) is 0 Å². The van der Waals surface area contributed by atoms with Gasteiger partial charge in [0.25, 0.3) is 5.56 Å². The van der Waals surface area contributed by atoms with E-state index in [0.29, 0.717) is 12.5 Å². The Kier molecular flexibility index (Phi) is 5.81. The summed E-state index contributed by atoms with van der Waals surface area (Å²) in [5.74, 6) is 0.297. The van der Waals surface area contributed by atoms with Crippen molar-refractivity contribution in [3.8, 4) is 0 Å². The molecular weight excluding hydrogens is 382 g/mol. The van der Waals surface area contributed by atoms with Crippen molar-refractivity contribution in [2.24, 2.45) is 0 Å². The smallest absolute Gasteiger partial charge is 0.262 e. The van der Waals surface area contributed by atoms with Gasteiger partial charge in [-0.3, -0.25) is 14.2 Å². The van der Waals surface area contributed by atoms with E-state index < -0.39 is 0 Å². The molecule has 0 saturated carbocycles. The highest BCUT2D eigenvalue weighted by Crippen LogP contribution is 2.33. The molecule has 1 amide bonds. The van der Waals surface area contributed by atoms with Gasteiger partial charge in [0, 0.05) is 23.5 Å². The van der Waals surface area contributed by atoms with Crippen LogP contribution in [-0.4, -0.2) is 15.5 Å². The van der Waals surface area contributed by atoms with Crippen LogP contribution in [0.1, 0.15) is 61.5 Å². The first-order chi connectivity index (χ1) is 14.1. The highest BCUT2D eigenvalue weighted by atomic mass is 32.1. The number of fused-ring (bicyclic) bond motifs is 3. The molecule has 2 aromatic heterocycles. The van der Waals surface area contributed by atoms with Gasteiger partial charge in [-0.2, -0.15) is 0 Å². The van der Waals surface area contributed by atoms with E-state index >= 15 is 0 Å². The van der Waals surface area contributed by atoms with E-state index in [2.05, 4.69) is 30.2 Å². The van der Waals surface area contributed by atoms with Crippen molar-refractivity contribution in [1.29, 1.82) is 0 Å². The summed E-state index contributed by atoms with van der Waals surface area (Å²) in [4.78, 5) is 32.2. The molecule has 1 aliphatic rings. The number of nitrogens with one attached hydrogen (secondary N) is 1. The molecule has 1 aromatic carbocycles. The SMILES string of the molecule is CC[C@@H](C)c1ccccc1NC(=O)CCn1cnc2sc3c(c2c1=O)CCCC3. The first-order valence-corrected chi connectivity index (χ1v) is 11.3. The average molecular weight is 410 g/mol. The fourth-order valence-electron chi connectivity index (χ4n) is 4.04. The molecular formula is C23H27N3O2S. The van der Waals surface area contributed by atoms with Crippen molar-refractivity contribution < 1.29 is 4.79 Å². The number of thiophene rings is 1. The lowest BCUT2D eigenvalue weighted by Crippen LogP contribution is -2.24. The molecule has 29 heavy (non-hydrogen) atoms. The number of rotatable bonds is 6. The van der Waals surface area contributed by atoms with Crippen LogP contribution in [0.15, 0.2) is 35.4 Å². The maximum atomic E-state index is 13.0. The standard InChI is InChI=1S/C23H27N3O2S/c1-3-15(2)16-8-4-6-10-18(16)25-20(27)12-13-26-14-24-22-21(23(26)28)17-9-5-7-11-19(17)29-22/h4,6,8,10,14-15H,3,5,7,9,11-13H2,1-2H3,(H,25,27)/t15-/m1/s1. The van der Waals surface area contributed by atoms with Crippen LogP contribution in [-0.2, 0) is 24.2 Å².